The number of rotatable bonds is 8. The van der Waals surface area contributed by atoms with Gasteiger partial charge in [-0.15, -0.1) is 0 Å². The molecule has 12 heteroatoms. The summed E-state index contributed by atoms with van der Waals surface area (Å²) in [5, 5.41) is 3.17. The molecule has 1 aliphatic heterocycles. The van der Waals surface area contributed by atoms with Gasteiger partial charge in [-0.05, 0) is 67.8 Å². The van der Waals surface area contributed by atoms with E-state index in [4.69, 9.17) is 11.6 Å². The second-order valence-electron chi connectivity index (χ2n) is 9.10. The van der Waals surface area contributed by atoms with Crippen LogP contribution in [-0.4, -0.2) is 40.1 Å². The fraction of sp³-hybridized carbons (Fsp3) is 0.269. The molecule has 1 amide bonds. The fourth-order valence-corrected chi connectivity index (χ4v) is 7.04. The molecule has 0 aromatic heterocycles. The number of halogens is 2. The van der Waals surface area contributed by atoms with Gasteiger partial charge in [-0.25, -0.2) is 25.5 Å². The second kappa shape index (κ2) is 11.4. The Hall–Kier alpha value is -2.99. The highest BCUT2D eigenvalue weighted by Crippen LogP contribution is 2.26. The normalized spacial score (nSPS) is 15.2. The Morgan fingerprint density at radius 1 is 1.00 bits per heavy atom. The zero-order valence-corrected chi connectivity index (χ0v) is 22.9. The van der Waals surface area contributed by atoms with Gasteiger partial charge in [0.2, 0.25) is 15.9 Å². The summed E-state index contributed by atoms with van der Waals surface area (Å²) in [5.74, 6) is -1.69. The number of hydrogen-bond donors (Lipinski definition) is 2. The Bertz CT molecular complexity index is 1540. The van der Waals surface area contributed by atoms with E-state index in [2.05, 4.69) is 10.0 Å². The zero-order chi connectivity index (χ0) is 27.5. The minimum absolute atomic E-state index is 0.0169. The third-order valence-corrected chi connectivity index (χ3v) is 9.83. The Morgan fingerprint density at radius 2 is 1.66 bits per heavy atom. The number of carbonyl (C=O) groups is 1. The molecule has 1 fully saturated rings. The molecule has 1 heterocycles. The lowest BCUT2D eigenvalue weighted by Crippen LogP contribution is -2.42. The number of carbonyl (C=O) groups excluding carboxylic acids is 1. The average molecular weight is 580 g/mol. The Labute approximate surface area is 226 Å². The van der Waals surface area contributed by atoms with E-state index in [0.717, 1.165) is 0 Å². The molecule has 0 spiro atoms. The zero-order valence-electron chi connectivity index (χ0n) is 20.5. The van der Waals surface area contributed by atoms with E-state index < -0.39 is 37.5 Å². The van der Waals surface area contributed by atoms with Crippen LogP contribution in [0.4, 0.5) is 15.8 Å². The quantitative estimate of drug-likeness (QED) is 0.399. The van der Waals surface area contributed by atoms with Crippen LogP contribution >= 0.6 is 11.6 Å². The summed E-state index contributed by atoms with van der Waals surface area (Å²) < 4.78 is 68.7. The first-order valence-corrected chi connectivity index (χ1v) is 15.3. The SMILES string of the molecule is Cc1ccc(Cl)cc1NS(=O)(=O)c1ccc(NC(=O)C2CCN(S(=O)(=O)Cc3ccccc3F)CC2)cc1. The molecule has 0 saturated carbocycles. The van der Waals surface area contributed by atoms with Crippen molar-refractivity contribution in [1.29, 1.82) is 0 Å². The molecular weight excluding hydrogens is 553 g/mol. The lowest BCUT2D eigenvalue weighted by molar-refractivity contribution is -0.120. The van der Waals surface area contributed by atoms with Crippen molar-refractivity contribution >= 4 is 48.9 Å². The van der Waals surface area contributed by atoms with E-state index in [0.29, 0.717) is 34.8 Å². The third-order valence-electron chi connectivity index (χ3n) is 6.39. The molecule has 8 nitrogen and oxygen atoms in total. The molecule has 4 rings (SSSR count). The number of nitrogens with zero attached hydrogens (tertiary/aromatic N) is 1. The molecule has 0 aliphatic carbocycles. The van der Waals surface area contributed by atoms with Crippen molar-refractivity contribution in [3.63, 3.8) is 0 Å². The molecule has 0 bridgehead atoms. The lowest BCUT2D eigenvalue weighted by atomic mass is 9.97. The van der Waals surface area contributed by atoms with Crippen molar-refractivity contribution in [2.45, 2.75) is 30.4 Å². The van der Waals surface area contributed by atoms with Crippen molar-refractivity contribution in [2.75, 3.05) is 23.1 Å². The minimum atomic E-state index is -3.87. The second-order valence-corrected chi connectivity index (χ2v) is 13.2. The summed E-state index contributed by atoms with van der Waals surface area (Å²) in [6.45, 7) is 2.07. The maximum Gasteiger partial charge on any atom is 0.261 e. The van der Waals surface area contributed by atoms with Gasteiger partial charge < -0.3 is 5.32 Å². The first-order valence-electron chi connectivity index (χ1n) is 11.9. The Kier molecular flexibility index (Phi) is 8.41. The maximum absolute atomic E-state index is 13.9. The number of anilines is 2. The van der Waals surface area contributed by atoms with E-state index in [1.165, 1.54) is 52.8 Å². The van der Waals surface area contributed by atoms with E-state index >= 15 is 0 Å². The highest BCUT2D eigenvalue weighted by Gasteiger charge is 2.31. The molecule has 202 valence electrons. The van der Waals surface area contributed by atoms with Crippen LogP contribution in [0.1, 0.15) is 24.0 Å². The van der Waals surface area contributed by atoms with E-state index in [9.17, 15) is 26.0 Å². The van der Waals surface area contributed by atoms with Gasteiger partial charge in [0.25, 0.3) is 10.0 Å². The van der Waals surface area contributed by atoms with Crippen LogP contribution < -0.4 is 10.0 Å². The Morgan fingerprint density at radius 3 is 2.32 bits per heavy atom. The number of nitrogens with one attached hydrogen (secondary N) is 2. The van der Waals surface area contributed by atoms with E-state index in [-0.39, 0.29) is 29.5 Å². The van der Waals surface area contributed by atoms with Gasteiger partial charge in [-0.2, -0.15) is 0 Å². The summed E-state index contributed by atoms with van der Waals surface area (Å²) >= 11 is 5.97. The van der Waals surface area contributed by atoms with Crippen LogP contribution in [0, 0.1) is 18.7 Å². The van der Waals surface area contributed by atoms with Gasteiger partial charge in [0.1, 0.15) is 5.82 Å². The largest absolute Gasteiger partial charge is 0.326 e. The molecule has 3 aromatic rings. The van der Waals surface area contributed by atoms with Crippen molar-refractivity contribution in [3.05, 3.63) is 88.7 Å². The highest BCUT2D eigenvalue weighted by molar-refractivity contribution is 7.92. The number of aryl methyl sites for hydroxylation is 1. The average Bonchev–Trinajstić information content (AvgIpc) is 2.88. The molecule has 1 saturated heterocycles. The van der Waals surface area contributed by atoms with Crippen LogP contribution in [-0.2, 0) is 30.6 Å². The summed E-state index contributed by atoms with van der Waals surface area (Å²) in [7, 11) is -7.59. The highest BCUT2D eigenvalue weighted by atomic mass is 35.5. The first-order chi connectivity index (χ1) is 17.9. The summed E-state index contributed by atoms with van der Waals surface area (Å²) in [6, 6.07) is 16.4. The van der Waals surface area contributed by atoms with Gasteiger partial charge in [0, 0.05) is 35.3 Å². The van der Waals surface area contributed by atoms with Crippen LogP contribution in [0.3, 0.4) is 0 Å². The predicted molar refractivity (Wildman–Crippen MR) is 145 cm³/mol. The molecular formula is C26H27ClFN3O5S2. The van der Waals surface area contributed by atoms with Crippen LogP contribution in [0.25, 0.3) is 0 Å². The topological polar surface area (TPSA) is 113 Å². The van der Waals surface area contributed by atoms with Crippen molar-refractivity contribution in [1.82, 2.24) is 4.31 Å². The van der Waals surface area contributed by atoms with Gasteiger partial charge >= 0.3 is 0 Å². The number of sulfonamides is 2. The van der Waals surface area contributed by atoms with Gasteiger partial charge in [0.15, 0.2) is 0 Å². The lowest BCUT2D eigenvalue weighted by Gasteiger charge is -2.30. The standard InChI is InChI=1S/C26H27ClFN3O5S2/c1-18-6-7-21(27)16-25(18)30-38(35,36)23-10-8-22(9-11-23)29-26(32)19-12-14-31(15-13-19)37(33,34)17-20-4-2-3-5-24(20)28/h2-11,16,19,30H,12-15,17H2,1H3,(H,29,32). The number of amides is 1. The smallest absolute Gasteiger partial charge is 0.261 e. The summed E-state index contributed by atoms with van der Waals surface area (Å²) in [6.07, 6.45) is 0.634. The van der Waals surface area contributed by atoms with Gasteiger partial charge in [0.05, 0.1) is 16.3 Å². The fourth-order valence-electron chi connectivity index (χ4n) is 4.17. The van der Waals surface area contributed by atoms with Crippen molar-refractivity contribution in [3.8, 4) is 0 Å². The summed E-state index contributed by atoms with van der Waals surface area (Å²) in [4.78, 5) is 12.8. The van der Waals surface area contributed by atoms with Crippen LogP contribution in [0.15, 0.2) is 71.6 Å². The van der Waals surface area contributed by atoms with E-state index in [1.807, 2.05) is 0 Å². The number of benzene rings is 3. The first kappa shape index (κ1) is 28.0. The molecule has 38 heavy (non-hydrogen) atoms. The monoisotopic (exact) mass is 579 g/mol. The van der Waals surface area contributed by atoms with Gasteiger partial charge in [-0.3, -0.25) is 9.52 Å². The Balaban J connectivity index is 1.33. The summed E-state index contributed by atoms with van der Waals surface area (Å²) in [5.41, 5.74) is 1.61. The predicted octanol–water partition coefficient (Wildman–Crippen LogP) is 4.77. The van der Waals surface area contributed by atoms with Crippen molar-refractivity contribution < 1.29 is 26.0 Å². The maximum atomic E-state index is 13.9. The van der Waals surface area contributed by atoms with Gasteiger partial charge in [-0.1, -0.05) is 35.9 Å². The van der Waals surface area contributed by atoms with E-state index in [1.54, 1.807) is 25.1 Å². The minimum Gasteiger partial charge on any atom is -0.326 e. The number of hydrogen-bond acceptors (Lipinski definition) is 5. The molecule has 1 aliphatic rings. The third kappa shape index (κ3) is 6.71. The molecule has 0 radical (unpaired) electrons. The number of piperidine rings is 1. The molecule has 0 unspecified atom stereocenters. The van der Waals surface area contributed by atoms with Crippen LogP contribution in [0.2, 0.25) is 5.02 Å². The van der Waals surface area contributed by atoms with Crippen LogP contribution in [0.5, 0.6) is 0 Å². The molecule has 2 N–H and O–H groups in total. The molecule has 0 atom stereocenters. The molecule has 3 aromatic carbocycles. The van der Waals surface area contributed by atoms with Crippen molar-refractivity contribution in [2.24, 2.45) is 5.92 Å².